The van der Waals surface area contributed by atoms with E-state index in [-0.39, 0.29) is 6.04 Å². The molecule has 2 heteroatoms. The van der Waals surface area contributed by atoms with Gasteiger partial charge in [0.25, 0.3) is 0 Å². The molecule has 0 aromatic heterocycles. The quantitative estimate of drug-likeness (QED) is 0.764. The molecule has 0 aliphatic carbocycles. The van der Waals surface area contributed by atoms with Crippen molar-refractivity contribution in [1.29, 1.82) is 0 Å². The van der Waals surface area contributed by atoms with Gasteiger partial charge in [-0.3, -0.25) is 0 Å². The second-order valence-electron chi connectivity index (χ2n) is 4.99. The third-order valence-electron chi connectivity index (χ3n) is 3.39. The second kappa shape index (κ2) is 8.28. The number of likely N-dealkylation sites (N-methyl/N-ethyl adjacent to an activating group) is 1. The topological polar surface area (TPSA) is 29.3 Å². The zero-order valence-electron chi connectivity index (χ0n) is 12.2. The fourth-order valence-corrected chi connectivity index (χ4v) is 2.30. The zero-order chi connectivity index (χ0) is 13.4. The fourth-order valence-electron chi connectivity index (χ4n) is 2.30. The van der Waals surface area contributed by atoms with Gasteiger partial charge in [-0.2, -0.15) is 0 Å². The summed E-state index contributed by atoms with van der Waals surface area (Å²) in [6, 6.07) is 8.95. The van der Waals surface area contributed by atoms with E-state index in [4.69, 9.17) is 5.73 Å². The molecule has 1 atom stereocenters. The number of rotatable bonds is 8. The van der Waals surface area contributed by atoms with E-state index >= 15 is 0 Å². The van der Waals surface area contributed by atoms with E-state index in [1.807, 2.05) is 0 Å². The van der Waals surface area contributed by atoms with Gasteiger partial charge in [0.2, 0.25) is 0 Å². The molecule has 18 heavy (non-hydrogen) atoms. The van der Waals surface area contributed by atoms with Gasteiger partial charge in [-0.15, -0.1) is 0 Å². The van der Waals surface area contributed by atoms with E-state index in [1.54, 1.807) is 0 Å². The monoisotopic (exact) mass is 248 g/mol. The van der Waals surface area contributed by atoms with Crippen LogP contribution in [0, 0.1) is 0 Å². The molecule has 2 N–H and O–H groups in total. The number of benzene rings is 1. The minimum atomic E-state index is 0.132. The Morgan fingerprint density at radius 2 is 1.72 bits per heavy atom. The van der Waals surface area contributed by atoms with Crippen LogP contribution in [-0.2, 0) is 6.42 Å². The largest absolute Gasteiger partial charge is 0.323 e. The average molecular weight is 248 g/mol. The van der Waals surface area contributed by atoms with Crippen molar-refractivity contribution in [1.82, 2.24) is 4.90 Å². The first-order chi connectivity index (χ1) is 8.71. The molecule has 0 spiro atoms. The van der Waals surface area contributed by atoms with Crippen molar-refractivity contribution >= 4 is 0 Å². The molecule has 0 saturated heterocycles. The summed E-state index contributed by atoms with van der Waals surface area (Å²) in [5.41, 5.74) is 8.95. The first-order valence-corrected chi connectivity index (χ1v) is 7.28. The lowest BCUT2D eigenvalue weighted by Crippen LogP contribution is -2.32. The van der Waals surface area contributed by atoms with Crippen molar-refractivity contribution in [3.63, 3.8) is 0 Å². The summed E-state index contributed by atoms with van der Waals surface area (Å²) < 4.78 is 0. The van der Waals surface area contributed by atoms with E-state index in [1.165, 1.54) is 24.0 Å². The molecular formula is C16H28N2. The van der Waals surface area contributed by atoms with Crippen molar-refractivity contribution in [2.24, 2.45) is 5.73 Å². The molecule has 1 unspecified atom stereocenters. The molecule has 0 aliphatic heterocycles. The van der Waals surface area contributed by atoms with E-state index in [2.05, 4.69) is 49.9 Å². The van der Waals surface area contributed by atoms with Gasteiger partial charge in [-0.1, -0.05) is 51.5 Å². The van der Waals surface area contributed by atoms with Crippen LogP contribution in [0.5, 0.6) is 0 Å². The van der Waals surface area contributed by atoms with Crippen LogP contribution in [0.15, 0.2) is 24.3 Å². The number of hydrogen-bond acceptors (Lipinski definition) is 2. The second-order valence-corrected chi connectivity index (χ2v) is 4.99. The molecule has 0 fully saturated rings. The molecule has 0 aliphatic rings. The van der Waals surface area contributed by atoms with Crippen molar-refractivity contribution < 1.29 is 0 Å². The average Bonchev–Trinajstić information content (AvgIpc) is 2.39. The van der Waals surface area contributed by atoms with Crippen LogP contribution in [0.4, 0.5) is 0 Å². The van der Waals surface area contributed by atoms with Crippen molar-refractivity contribution in [2.75, 3.05) is 19.6 Å². The normalized spacial score (nSPS) is 12.9. The zero-order valence-corrected chi connectivity index (χ0v) is 12.2. The lowest BCUT2D eigenvalue weighted by molar-refractivity contribution is 0.271. The number of nitrogens with two attached hydrogens (primary N) is 1. The molecule has 0 heterocycles. The molecule has 1 aromatic rings. The standard InChI is InChI=1S/C16H28N2/c1-4-7-14-8-10-15(11-9-14)16(17)13-18(6-3)12-5-2/h8-11,16H,4-7,12-13,17H2,1-3H3. The van der Waals surface area contributed by atoms with E-state index in [0.29, 0.717) is 0 Å². The van der Waals surface area contributed by atoms with Gasteiger partial charge in [0, 0.05) is 12.6 Å². The van der Waals surface area contributed by atoms with Crippen molar-refractivity contribution in [3.8, 4) is 0 Å². The Morgan fingerprint density at radius 3 is 2.22 bits per heavy atom. The van der Waals surface area contributed by atoms with Crippen LogP contribution in [0.1, 0.15) is 50.8 Å². The van der Waals surface area contributed by atoms with Gasteiger partial charge in [-0.05, 0) is 37.1 Å². The van der Waals surface area contributed by atoms with Crippen LogP contribution in [0.2, 0.25) is 0 Å². The lowest BCUT2D eigenvalue weighted by atomic mass is 10.0. The van der Waals surface area contributed by atoms with Gasteiger partial charge < -0.3 is 10.6 Å². The Bertz CT molecular complexity index is 318. The Labute approximate surface area is 112 Å². The highest BCUT2D eigenvalue weighted by molar-refractivity contribution is 5.25. The van der Waals surface area contributed by atoms with Gasteiger partial charge in [0.05, 0.1) is 0 Å². The summed E-state index contributed by atoms with van der Waals surface area (Å²) in [6.45, 7) is 9.80. The first kappa shape index (κ1) is 15.2. The first-order valence-electron chi connectivity index (χ1n) is 7.28. The maximum absolute atomic E-state index is 6.28. The highest BCUT2D eigenvalue weighted by Gasteiger charge is 2.10. The minimum Gasteiger partial charge on any atom is -0.323 e. The third kappa shape index (κ3) is 4.79. The summed E-state index contributed by atoms with van der Waals surface area (Å²) in [7, 11) is 0. The fraction of sp³-hybridized carbons (Fsp3) is 0.625. The van der Waals surface area contributed by atoms with Gasteiger partial charge in [0.1, 0.15) is 0 Å². The Hall–Kier alpha value is -0.860. The SMILES string of the molecule is CCCc1ccc(C(N)CN(CC)CCC)cc1. The van der Waals surface area contributed by atoms with Crippen molar-refractivity contribution in [2.45, 2.75) is 46.1 Å². The van der Waals surface area contributed by atoms with Crippen LogP contribution in [0.3, 0.4) is 0 Å². The van der Waals surface area contributed by atoms with E-state index in [0.717, 1.165) is 26.1 Å². The molecule has 102 valence electrons. The summed E-state index contributed by atoms with van der Waals surface area (Å²) in [4.78, 5) is 2.42. The number of hydrogen-bond donors (Lipinski definition) is 1. The highest BCUT2D eigenvalue weighted by Crippen LogP contribution is 2.14. The summed E-state index contributed by atoms with van der Waals surface area (Å²) in [5, 5.41) is 0. The summed E-state index contributed by atoms with van der Waals surface area (Å²) in [6.07, 6.45) is 3.55. The number of nitrogens with zero attached hydrogens (tertiary/aromatic N) is 1. The third-order valence-corrected chi connectivity index (χ3v) is 3.39. The predicted octanol–water partition coefficient (Wildman–Crippen LogP) is 3.37. The molecule has 2 nitrogen and oxygen atoms in total. The maximum atomic E-state index is 6.28. The van der Waals surface area contributed by atoms with Crippen LogP contribution < -0.4 is 5.73 Å². The van der Waals surface area contributed by atoms with Crippen LogP contribution in [0.25, 0.3) is 0 Å². The van der Waals surface area contributed by atoms with Crippen molar-refractivity contribution in [3.05, 3.63) is 35.4 Å². The molecule has 0 radical (unpaired) electrons. The minimum absolute atomic E-state index is 0.132. The maximum Gasteiger partial charge on any atom is 0.0424 e. The molecule has 1 rings (SSSR count). The van der Waals surface area contributed by atoms with Crippen LogP contribution in [-0.4, -0.2) is 24.5 Å². The smallest absolute Gasteiger partial charge is 0.0424 e. The Balaban J connectivity index is 2.57. The molecule has 0 amide bonds. The predicted molar refractivity (Wildman–Crippen MR) is 79.8 cm³/mol. The van der Waals surface area contributed by atoms with E-state index in [9.17, 15) is 0 Å². The Morgan fingerprint density at radius 1 is 1.06 bits per heavy atom. The van der Waals surface area contributed by atoms with Crippen LogP contribution >= 0.6 is 0 Å². The van der Waals surface area contributed by atoms with Gasteiger partial charge in [-0.25, -0.2) is 0 Å². The molecule has 0 saturated carbocycles. The Kier molecular flexibility index (Phi) is 6.99. The summed E-state index contributed by atoms with van der Waals surface area (Å²) in [5.74, 6) is 0. The lowest BCUT2D eigenvalue weighted by Gasteiger charge is -2.24. The number of aryl methyl sites for hydroxylation is 1. The van der Waals surface area contributed by atoms with Gasteiger partial charge >= 0.3 is 0 Å². The van der Waals surface area contributed by atoms with Gasteiger partial charge in [0.15, 0.2) is 0 Å². The molecular weight excluding hydrogens is 220 g/mol. The van der Waals surface area contributed by atoms with E-state index < -0.39 is 0 Å². The molecule has 0 bridgehead atoms. The molecule has 1 aromatic carbocycles. The highest BCUT2D eigenvalue weighted by atomic mass is 15.1. The summed E-state index contributed by atoms with van der Waals surface area (Å²) >= 11 is 0.